The Morgan fingerprint density at radius 1 is 0.925 bits per heavy atom. The van der Waals surface area contributed by atoms with E-state index in [0.717, 1.165) is 16.3 Å². The Morgan fingerprint density at radius 3 is 2.27 bits per heavy atom. The molecule has 4 aromatic rings. The van der Waals surface area contributed by atoms with Crippen LogP contribution in [-0.2, 0) is 11.4 Å². The van der Waals surface area contributed by atoms with E-state index in [9.17, 15) is 26.7 Å². The van der Waals surface area contributed by atoms with Crippen molar-refractivity contribution in [2.45, 2.75) is 13.5 Å². The van der Waals surface area contributed by atoms with Crippen molar-refractivity contribution < 1.29 is 36.2 Å². The monoisotopic (exact) mass is 664 g/mol. The molecule has 0 unspecified atom stereocenters. The van der Waals surface area contributed by atoms with E-state index in [-0.39, 0.29) is 22.9 Å². The van der Waals surface area contributed by atoms with E-state index in [4.69, 9.17) is 9.47 Å². The molecule has 0 atom stereocenters. The molecule has 0 saturated carbocycles. The van der Waals surface area contributed by atoms with Crippen LogP contribution in [0.3, 0.4) is 0 Å². The molecule has 204 valence electrons. The Balaban J connectivity index is 1.45. The summed E-state index contributed by atoms with van der Waals surface area (Å²) in [6.07, 6.45) is 1.38. The molecule has 0 fully saturated rings. The Bertz CT molecular complexity index is 1720. The zero-order valence-electron chi connectivity index (χ0n) is 20.9. The molecule has 11 heteroatoms. The van der Waals surface area contributed by atoms with E-state index in [0.29, 0.717) is 20.6 Å². The summed E-state index contributed by atoms with van der Waals surface area (Å²) in [4.78, 5) is 13.0. The van der Waals surface area contributed by atoms with Crippen molar-refractivity contribution in [3.05, 3.63) is 104 Å². The van der Waals surface area contributed by atoms with Gasteiger partial charge in [0.25, 0.3) is 5.91 Å². The lowest BCUT2D eigenvalue weighted by Gasteiger charge is -2.15. The predicted octanol–water partition coefficient (Wildman–Crippen LogP) is 7.53. The van der Waals surface area contributed by atoms with Gasteiger partial charge >= 0.3 is 0 Å². The molecule has 1 aliphatic rings. The fourth-order valence-electron chi connectivity index (χ4n) is 4.31. The van der Waals surface area contributed by atoms with Gasteiger partial charge in [0.1, 0.15) is 12.3 Å². The predicted molar refractivity (Wildman–Crippen MR) is 149 cm³/mol. The largest absolute Gasteiger partial charge is 0.493 e. The van der Waals surface area contributed by atoms with Crippen LogP contribution in [0.4, 0.5) is 27.6 Å². The minimum absolute atomic E-state index is 0.0131. The standard InChI is InChI=1S/C29H18F5IN2O3/c1-14-19(29(38)37(36-14)27-25(33)23(31)22(30)24(32)26(27)34)10-15-11-20(35)28(21(12-15)39-2)40-13-17-8-5-7-16-6-3-4-9-18(16)17/h3-12H,13H2,1-2H3/b19-10+. The first-order valence-electron chi connectivity index (χ1n) is 11.7. The molecular weight excluding hydrogens is 646 g/mol. The highest BCUT2D eigenvalue weighted by Gasteiger charge is 2.37. The summed E-state index contributed by atoms with van der Waals surface area (Å²) in [6, 6.07) is 17.1. The molecule has 1 heterocycles. The molecule has 40 heavy (non-hydrogen) atoms. The highest BCUT2D eigenvalue weighted by atomic mass is 127. The molecule has 0 spiro atoms. The fourth-order valence-corrected chi connectivity index (χ4v) is 5.09. The number of carbonyl (C=O) groups excluding carboxylic acids is 1. The number of ether oxygens (including phenoxy) is 2. The van der Waals surface area contributed by atoms with Crippen molar-refractivity contribution in [2.24, 2.45) is 5.10 Å². The summed E-state index contributed by atoms with van der Waals surface area (Å²) in [5, 5.41) is 6.05. The number of benzene rings is 4. The third-order valence-corrected chi connectivity index (χ3v) is 7.08. The molecule has 0 radical (unpaired) electrons. The topological polar surface area (TPSA) is 51.1 Å². The number of fused-ring (bicyclic) bond motifs is 1. The van der Waals surface area contributed by atoms with Crippen molar-refractivity contribution in [1.82, 2.24) is 0 Å². The lowest BCUT2D eigenvalue weighted by molar-refractivity contribution is -0.114. The van der Waals surface area contributed by atoms with Crippen LogP contribution >= 0.6 is 22.6 Å². The van der Waals surface area contributed by atoms with Crippen molar-refractivity contribution in [2.75, 3.05) is 12.1 Å². The van der Waals surface area contributed by atoms with E-state index < -0.39 is 40.7 Å². The van der Waals surface area contributed by atoms with Crippen LogP contribution in [0.2, 0.25) is 0 Å². The minimum atomic E-state index is -2.33. The molecule has 1 aliphatic heterocycles. The number of carbonyl (C=O) groups is 1. The first kappa shape index (κ1) is 27.6. The maximum absolute atomic E-state index is 14.4. The van der Waals surface area contributed by atoms with Crippen LogP contribution in [0.15, 0.2) is 65.3 Å². The van der Waals surface area contributed by atoms with Crippen LogP contribution < -0.4 is 14.5 Å². The first-order chi connectivity index (χ1) is 19.1. The van der Waals surface area contributed by atoms with Gasteiger partial charge in [-0.05, 0) is 69.6 Å². The Morgan fingerprint density at radius 2 is 1.57 bits per heavy atom. The van der Waals surface area contributed by atoms with E-state index in [2.05, 4.69) is 5.10 Å². The normalized spacial score (nSPS) is 14.3. The molecule has 0 bridgehead atoms. The molecule has 1 amide bonds. The second kappa shape index (κ2) is 10.9. The second-order valence-corrected chi connectivity index (χ2v) is 9.90. The van der Waals surface area contributed by atoms with Gasteiger partial charge in [-0.2, -0.15) is 10.1 Å². The van der Waals surface area contributed by atoms with Crippen molar-refractivity contribution >= 4 is 56.7 Å². The molecular formula is C29H18F5IN2O3. The maximum Gasteiger partial charge on any atom is 0.280 e. The van der Waals surface area contributed by atoms with Crippen LogP contribution in [0.5, 0.6) is 11.5 Å². The zero-order valence-corrected chi connectivity index (χ0v) is 23.0. The molecule has 0 aliphatic carbocycles. The molecule has 4 aromatic carbocycles. The number of anilines is 1. The average Bonchev–Trinajstić information content (AvgIpc) is 3.22. The van der Waals surface area contributed by atoms with Crippen molar-refractivity contribution in [1.29, 1.82) is 0 Å². The van der Waals surface area contributed by atoms with E-state index >= 15 is 0 Å². The molecule has 0 N–H and O–H groups in total. The van der Waals surface area contributed by atoms with Gasteiger partial charge in [-0.25, -0.2) is 22.0 Å². The number of halogens is 6. The summed E-state index contributed by atoms with van der Waals surface area (Å²) in [5.41, 5.74) is -0.117. The van der Waals surface area contributed by atoms with Crippen LogP contribution in [-0.4, -0.2) is 18.7 Å². The van der Waals surface area contributed by atoms with Gasteiger partial charge < -0.3 is 9.47 Å². The van der Waals surface area contributed by atoms with Crippen molar-refractivity contribution in [3.8, 4) is 11.5 Å². The summed E-state index contributed by atoms with van der Waals surface area (Å²) in [7, 11) is 1.45. The summed E-state index contributed by atoms with van der Waals surface area (Å²) in [5.74, 6) is -11.2. The molecule has 5 nitrogen and oxygen atoms in total. The van der Waals surface area contributed by atoms with Gasteiger partial charge in [0.15, 0.2) is 34.8 Å². The van der Waals surface area contributed by atoms with E-state index in [1.54, 1.807) is 12.1 Å². The smallest absolute Gasteiger partial charge is 0.280 e. The van der Waals surface area contributed by atoms with E-state index in [1.807, 2.05) is 65.1 Å². The number of methoxy groups -OCH3 is 1. The van der Waals surface area contributed by atoms with Crippen LogP contribution in [0, 0.1) is 32.7 Å². The molecule has 0 saturated heterocycles. The van der Waals surface area contributed by atoms with Gasteiger partial charge in [0.2, 0.25) is 5.82 Å². The van der Waals surface area contributed by atoms with Crippen molar-refractivity contribution in [3.63, 3.8) is 0 Å². The molecule has 5 rings (SSSR count). The quantitative estimate of drug-likeness (QED) is 0.0705. The SMILES string of the molecule is COc1cc(/C=C2/C(=O)N(c3c(F)c(F)c(F)c(F)c3F)N=C2C)cc(I)c1OCc1cccc2ccccc12. The summed E-state index contributed by atoms with van der Waals surface area (Å²) in [6.45, 7) is 1.63. The summed E-state index contributed by atoms with van der Waals surface area (Å²) >= 11 is 2.05. The number of hydrogen-bond acceptors (Lipinski definition) is 4. The number of hydrazone groups is 1. The Hall–Kier alpha value is -4.00. The second-order valence-electron chi connectivity index (χ2n) is 8.74. The Kier molecular flexibility index (Phi) is 7.49. The van der Waals surface area contributed by atoms with Gasteiger partial charge in [0.05, 0.1) is 22.0 Å². The third kappa shape index (κ3) is 4.78. The summed E-state index contributed by atoms with van der Waals surface area (Å²) < 4.78 is 82.0. The average molecular weight is 664 g/mol. The highest BCUT2D eigenvalue weighted by Crippen LogP contribution is 2.37. The van der Waals surface area contributed by atoms with Gasteiger partial charge in [-0.15, -0.1) is 0 Å². The molecule has 0 aromatic heterocycles. The number of rotatable bonds is 6. The van der Waals surface area contributed by atoms with E-state index in [1.165, 1.54) is 20.1 Å². The number of nitrogens with zero attached hydrogens (tertiary/aromatic N) is 2. The van der Waals surface area contributed by atoms with Crippen LogP contribution in [0.1, 0.15) is 18.1 Å². The minimum Gasteiger partial charge on any atom is -0.493 e. The van der Waals surface area contributed by atoms with Gasteiger partial charge in [-0.3, -0.25) is 4.79 Å². The lowest BCUT2D eigenvalue weighted by atomic mass is 10.1. The highest BCUT2D eigenvalue weighted by molar-refractivity contribution is 14.1. The lowest BCUT2D eigenvalue weighted by Crippen LogP contribution is -2.25. The van der Waals surface area contributed by atoms with Gasteiger partial charge in [0, 0.05) is 0 Å². The van der Waals surface area contributed by atoms with Gasteiger partial charge in [-0.1, -0.05) is 42.5 Å². The first-order valence-corrected chi connectivity index (χ1v) is 12.8. The number of amides is 1. The van der Waals surface area contributed by atoms with Crippen LogP contribution in [0.25, 0.3) is 16.8 Å². The maximum atomic E-state index is 14.4. The zero-order chi connectivity index (χ0) is 28.7. The Labute approximate surface area is 238 Å². The third-order valence-electron chi connectivity index (χ3n) is 6.28. The fraction of sp³-hybridized carbons (Fsp3) is 0.103. The number of hydrogen-bond donors (Lipinski definition) is 0.